The van der Waals surface area contributed by atoms with E-state index in [1.807, 2.05) is 12.1 Å². The predicted molar refractivity (Wildman–Crippen MR) is 140 cm³/mol. The molecule has 160 valence electrons. The van der Waals surface area contributed by atoms with Gasteiger partial charge in [-0.3, -0.25) is 0 Å². The smallest absolute Gasteiger partial charge is 0.0992 e. The van der Waals surface area contributed by atoms with Crippen LogP contribution in [0.5, 0.6) is 0 Å². The first-order valence-corrected chi connectivity index (χ1v) is 11.5. The van der Waals surface area contributed by atoms with Gasteiger partial charge < -0.3 is 4.57 Å². The topological polar surface area (TPSA) is 52.5 Å². The quantitative estimate of drug-likeness (QED) is 0.273. The summed E-state index contributed by atoms with van der Waals surface area (Å²) in [6, 6.07) is 39.6. The van der Waals surface area contributed by atoms with Gasteiger partial charge in [-0.25, -0.2) is 0 Å². The number of nitrogens with zero attached hydrogens (tertiary/aromatic N) is 3. The number of nitriles is 2. The van der Waals surface area contributed by atoms with Gasteiger partial charge in [-0.2, -0.15) is 10.5 Å². The number of para-hydroxylation sites is 2. The second-order valence-electron chi connectivity index (χ2n) is 8.82. The molecule has 1 aliphatic carbocycles. The molecule has 0 radical (unpaired) electrons. The third-order valence-corrected chi connectivity index (χ3v) is 6.97. The number of rotatable bonds is 2. The van der Waals surface area contributed by atoms with Crippen LogP contribution in [0.1, 0.15) is 11.1 Å². The Labute approximate surface area is 202 Å². The van der Waals surface area contributed by atoms with Crippen molar-refractivity contribution in [3.63, 3.8) is 0 Å². The van der Waals surface area contributed by atoms with Crippen molar-refractivity contribution in [3.05, 3.63) is 114 Å². The largest absolute Gasteiger partial charge is 0.309 e. The summed E-state index contributed by atoms with van der Waals surface area (Å²) in [5.41, 5.74) is 11.2. The van der Waals surface area contributed by atoms with Gasteiger partial charge in [-0.15, -0.1) is 0 Å². The van der Waals surface area contributed by atoms with Crippen molar-refractivity contribution in [2.45, 2.75) is 0 Å². The predicted octanol–water partition coefficient (Wildman–Crippen LogP) is 7.84. The fraction of sp³-hybridized carbons (Fsp3) is 0. The van der Waals surface area contributed by atoms with Gasteiger partial charge in [0.25, 0.3) is 0 Å². The van der Waals surface area contributed by atoms with Crippen LogP contribution in [0, 0.1) is 22.7 Å². The van der Waals surface area contributed by atoms with Crippen molar-refractivity contribution < 1.29 is 0 Å². The van der Waals surface area contributed by atoms with Crippen molar-refractivity contribution in [2.75, 3.05) is 0 Å². The Morgan fingerprint density at radius 3 is 1.69 bits per heavy atom. The zero-order valence-electron chi connectivity index (χ0n) is 18.7. The molecule has 0 N–H and O–H groups in total. The number of benzene rings is 5. The maximum atomic E-state index is 9.53. The van der Waals surface area contributed by atoms with E-state index in [9.17, 15) is 10.5 Å². The molecule has 0 bridgehead atoms. The highest BCUT2D eigenvalue weighted by molar-refractivity contribution is 6.14. The molecule has 3 nitrogen and oxygen atoms in total. The zero-order valence-corrected chi connectivity index (χ0v) is 18.7. The van der Waals surface area contributed by atoms with E-state index >= 15 is 0 Å². The van der Waals surface area contributed by atoms with E-state index in [1.165, 1.54) is 44.1 Å². The normalized spacial score (nSPS) is 11.4. The minimum Gasteiger partial charge on any atom is -0.309 e. The van der Waals surface area contributed by atoms with Crippen LogP contribution in [-0.4, -0.2) is 4.57 Å². The fourth-order valence-electron chi connectivity index (χ4n) is 5.53. The monoisotopic (exact) mass is 443 g/mol. The van der Waals surface area contributed by atoms with Crippen LogP contribution in [0.25, 0.3) is 60.9 Å². The van der Waals surface area contributed by atoms with Crippen LogP contribution in [0.4, 0.5) is 0 Å². The Balaban J connectivity index is 1.54. The summed E-state index contributed by atoms with van der Waals surface area (Å²) in [5.74, 6) is 0. The number of hydrogen-bond acceptors (Lipinski definition) is 2. The van der Waals surface area contributed by atoms with Gasteiger partial charge >= 0.3 is 0 Å². The van der Waals surface area contributed by atoms with Crippen LogP contribution >= 0.6 is 0 Å². The van der Waals surface area contributed by atoms with Gasteiger partial charge in [0.15, 0.2) is 0 Å². The molecule has 35 heavy (non-hydrogen) atoms. The van der Waals surface area contributed by atoms with Crippen molar-refractivity contribution in [2.24, 2.45) is 0 Å². The molecular formula is C32H17N3. The van der Waals surface area contributed by atoms with Crippen LogP contribution < -0.4 is 0 Å². The van der Waals surface area contributed by atoms with E-state index in [2.05, 4.69) is 102 Å². The van der Waals surface area contributed by atoms with Gasteiger partial charge in [0, 0.05) is 21.9 Å². The number of hydrogen-bond donors (Lipinski definition) is 0. The highest BCUT2D eigenvalue weighted by atomic mass is 15.0. The van der Waals surface area contributed by atoms with Crippen LogP contribution in [0.3, 0.4) is 0 Å². The van der Waals surface area contributed by atoms with E-state index in [-0.39, 0.29) is 0 Å². The number of fused-ring (bicyclic) bond motifs is 7. The second-order valence-corrected chi connectivity index (χ2v) is 8.82. The van der Waals surface area contributed by atoms with Crippen molar-refractivity contribution in [3.8, 4) is 51.2 Å². The Morgan fingerprint density at radius 2 is 1.06 bits per heavy atom. The zero-order chi connectivity index (χ0) is 23.5. The van der Waals surface area contributed by atoms with Gasteiger partial charge in [-0.05, 0) is 58.7 Å². The lowest BCUT2D eigenvalue weighted by Gasteiger charge is -2.30. The summed E-state index contributed by atoms with van der Waals surface area (Å²) in [7, 11) is 0. The molecule has 1 heterocycles. The Morgan fingerprint density at radius 1 is 0.514 bits per heavy atom. The average molecular weight is 444 g/mol. The summed E-state index contributed by atoms with van der Waals surface area (Å²) in [6.45, 7) is 0. The Bertz CT molecular complexity index is 1840. The Hall–Kier alpha value is -5.12. The van der Waals surface area contributed by atoms with Crippen LogP contribution in [-0.2, 0) is 0 Å². The number of aromatic nitrogens is 1. The van der Waals surface area contributed by atoms with E-state index in [4.69, 9.17) is 0 Å². The van der Waals surface area contributed by atoms with Gasteiger partial charge in [0.05, 0.1) is 40.0 Å². The first-order chi connectivity index (χ1) is 17.3. The lowest BCUT2D eigenvalue weighted by atomic mass is 9.75. The molecule has 0 saturated heterocycles. The molecule has 0 unspecified atom stereocenters. The minimum atomic E-state index is 0.492. The third kappa shape index (κ3) is 2.64. The Kier molecular flexibility index (Phi) is 3.98. The molecule has 1 aromatic heterocycles. The maximum Gasteiger partial charge on any atom is 0.0992 e. The second kappa shape index (κ2) is 7.19. The summed E-state index contributed by atoms with van der Waals surface area (Å²) in [4.78, 5) is 0. The highest BCUT2D eigenvalue weighted by Crippen LogP contribution is 2.55. The van der Waals surface area contributed by atoms with Gasteiger partial charge in [0.2, 0.25) is 0 Å². The molecule has 0 amide bonds. The standard InChI is InChI=1S/C32H17N3/c33-18-20-15-21(19-34)17-22(16-20)23-9-5-10-26-27-11-6-14-30(32(27)31(23)26)35-28-12-3-1-7-24(28)25-8-2-4-13-29(25)35/h1-17H. The summed E-state index contributed by atoms with van der Waals surface area (Å²) < 4.78 is 2.36. The van der Waals surface area contributed by atoms with Crippen LogP contribution in [0.2, 0.25) is 0 Å². The molecule has 6 aromatic rings. The van der Waals surface area contributed by atoms with Crippen molar-refractivity contribution >= 4 is 21.8 Å². The molecule has 0 aliphatic heterocycles. The summed E-state index contributed by atoms with van der Waals surface area (Å²) >= 11 is 0. The highest BCUT2D eigenvalue weighted by Gasteiger charge is 2.30. The van der Waals surface area contributed by atoms with E-state index in [1.54, 1.807) is 6.07 Å². The SMILES string of the molecule is N#Cc1cc(C#N)cc(-c2cccc3c2-c2c-3cccc2-n2c3ccccc3c3ccccc32)c1. The van der Waals surface area contributed by atoms with E-state index < -0.39 is 0 Å². The van der Waals surface area contributed by atoms with E-state index in [0.29, 0.717) is 11.1 Å². The lowest BCUT2D eigenvalue weighted by molar-refractivity contribution is 1.18. The third-order valence-electron chi connectivity index (χ3n) is 6.97. The van der Waals surface area contributed by atoms with Gasteiger partial charge in [-0.1, -0.05) is 66.7 Å². The molecule has 7 rings (SSSR count). The summed E-state index contributed by atoms with van der Waals surface area (Å²) in [6.07, 6.45) is 0. The molecule has 0 fully saturated rings. The minimum absolute atomic E-state index is 0.492. The molecule has 5 aromatic carbocycles. The first-order valence-electron chi connectivity index (χ1n) is 11.5. The molecular weight excluding hydrogens is 426 g/mol. The molecule has 3 heteroatoms. The van der Waals surface area contributed by atoms with Crippen LogP contribution in [0.15, 0.2) is 103 Å². The fourth-order valence-corrected chi connectivity index (χ4v) is 5.53. The summed E-state index contributed by atoms with van der Waals surface area (Å²) in [5, 5.41) is 21.5. The van der Waals surface area contributed by atoms with Gasteiger partial charge in [0.1, 0.15) is 0 Å². The molecule has 1 aliphatic rings. The lowest BCUT2D eigenvalue weighted by Crippen LogP contribution is -2.07. The molecule has 0 spiro atoms. The van der Waals surface area contributed by atoms with Crippen molar-refractivity contribution in [1.29, 1.82) is 10.5 Å². The first kappa shape index (κ1) is 19.4. The van der Waals surface area contributed by atoms with E-state index in [0.717, 1.165) is 16.8 Å². The molecule has 0 saturated carbocycles. The average Bonchev–Trinajstić information content (AvgIpc) is 3.25. The molecule has 0 atom stereocenters. The van der Waals surface area contributed by atoms with Crippen molar-refractivity contribution in [1.82, 2.24) is 4.57 Å². The maximum absolute atomic E-state index is 9.53.